The highest BCUT2D eigenvalue weighted by molar-refractivity contribution is 9.09. The number of fused-ring (bicyclic) bond motifs is 1. The summed E-state index contributed by atoms with van der Waals surface area (Å²) in [6.07, 6.45) is 19.6. The van der Waals surface area contributed by atoms with Crippen LogP contribution in [0.1, 0.15) is 124 Å². The van der Waals surface area contributed by atoms with Crippen LogP contribution in [-0.4, -0.2) is 57.1 Å². The summed E-state index contributed by atoms with van der Waals surface area (Å²) in [5, 5.41) is 35.7. The van der Waals surface area contributed by atoms with Crippen molar-refractivity contribution in [1.82, 2.24) is 0 Å². The van der Waals surface area contributed by atoms with E-state index in [0.717, 1.165) is 49.3 Å². The van der Waals surface area contributed by atoms with Gasteiger partial charge in [0, 0.05) is 25.5 Å². The number of esters is 2. The summed E-state index contributed by atoms with van der Waals surface area (Å²) in [5.74, 6) is 1.27. The molecule has 3 aliphatic carbocycles. The summed E-state index contributed by atoms with van der Waals surface area (Å²) >= 11 is 3.21. The Morgan fingerprint density at radius 3 is 2.55 bits per heavy atom. The number of rotatable bonds is 19. The third kappa shape index (κ3) is 13.0. The molecule has 3 fully saturated rings. The molecule has 2 N–H and O–H groups in total. The molecule has 13 heteroatoms. The smallest absolute Gasteiger partial charge is 0.316 e. The van der Waals surface area contributed by atoms with Gasteiger partial charge in [-0.1, -0.05) is 66.8 Å². The highest BCUT2D eigenvalue weighted by atomic mass is 79.9. The van der Waals surface area contributed by atoms with Crippen LogP contribution in [0.5, 0.6) is 0 Å². The number of hydrogen-bond acceptors (Lipinski definition) is 10. The number of alkyl halides is 1. The van der Waals surface area contributed by atoms with E-state index in [1.165, 1.54) is 43.4 Å². The molecule has 3 saturated carbocycles. The zero-order valence-corrected chi connectivity index (χ0v) is 34.6. The van der Waals surface area contributed by atoms with Crippen molar-refractivity contribution in [3.63, 3.8) is 0 Å². The lowest BCUT2D eigenvalue weighted by Gasteiger charge is -2.44. The fourth-order valence-corrected chi connectivity index (χ4v) is 9.33. The molecule has 3 aliphatic rings. The number of aliphatic hydroxyl groups is 1. The lowest BCUT2D eigenvalue weighted by atomic mass is 9.60. The number of nitro groups is 2. The summed E-state index contributed by atoms with van der Waals surface area (Å²) in [6.45, 7) is 9.28. The molecule has 5 unspecified atom stereocenters. The van der Waals surface area contributed by atoms with E-state index in [4.69, 9.17) is 9.47 Å². The van der Waals surface area contributed by atoms with Gasteiger partial charge in [0.05, 0.1) is 21.5 Å². The van der Waals surface area contributed by atoms with E-state index in [9.17, 15) is 34.9 Å². The maximum absolute atomic E-state index is 12.6. The summed E-state index contributed by atoms with van der Waals surface area (Å²) in [7, 11) is 0. The minimum absolute atomic E-state index is 0.154. The Labute approximate surface area is 334 Å². The quantitative estimate of drug-likeness (QED) is 0.0450. The molecule has 1 aromatic carbocycles. The van der Waals surface area contributed by atoms with Gasteiger partial charge < -0.3 is 19.9 Å². The molecule has 12 nitrogen and oxygen atoms in total. The first-order chi connectivity index (χ1) is 26.1. The molecule has 55 heavy (non-hydrogen) atoms. The van der Waals surface area contributed by atoms with Crippen molar-refractivity contribution < 1.29 is 34.0 Å². The average Bonchev–Trinajstić information content (AvgIpc) is 3.49. The first kappa shape index (κ1) is 44.1. The number of anilines is 1. The molecule has 0 radical (unpaired) electrons. The maximum atomic E-state index is 12.6. The molecule has 4 rings (SSSR count). The Hall–Kier alpha value is -3.58. The maximum Gasteiger partial charge on any atom is 0.316 e. The second kappa shape index (κ2) is 20.5. The molecule has 0 saturated heterocycles. The van der Waals surface area contributed by atoms with Gasteiger partial charge >= 0.3 is 11.9 Å². The Morgan fingerprint density at radius 1 is 1.05 bits per heavy atom. The number of ether oxygens (including phenoxy) is 2. The molecule has 5 atom stereocenters. The molecule has 1 aromatic rings. The normalized spacial score (nSPS) is 25.4. The third-order valence-corrected chi connectivity index (χ3v) is 12.5. The monoisotopic (exact) mass is 829 g/mol. The number of nitrogens with one attached hydrogen (secondary N) is 1. The van der Waals surface area contributed by atoms with Crippen molar-refractivity contribution in [1.29, 1.82) is 0 Å². The first-order valence-electron chi connectivity index (χ1n) is 20.0. The fourth-order valence-electron chi connectivity index (χ4n) is 9.20. The van der Waals surface area contributed by atoms with Crippen LogP contribution in [0.3, 0.4) is 0 Å². The number of carbonyl (C=O) groups is 2. The van der Waals surface area contributed by atoms with Crippen LogP contribution < -0.4 is 5.32 Å². The molecule has 0 aliphatic heterocycles. The van der Waals surface area contributed by atoms with E-state index >= 15 is 0 Å². The highest BCUT2D eigenvalue weighted by Gasteiger charge is 2.50. The van der Waals surface area contributed by atoms with Gasteiger partial charge in [0.2, 0.25) is 0 Å². The van der Waals surface area contributed by atoms with E-state index in [1.54, 1.807) is 0 Å². The van der Waals surface area contributed by atoms with Crippen LogP contribution in [0.15, 0.2) is 53.1 Å². The van der Waals surface area contributed by atoms with Crippen molar-refractivity contribution >= 4 is 44.9 Å². The van der Waals surface area contributed by atoms with Crippen molar-refractivity contribution in [2.75, 3.05) is 23.8 Å². The number of nitrogens with zero attached hydrogens (tertiary/aromatic N) is 2. The zero-order valence-electron chi connectivity index (χ0n) is 33.0. The molecule has 0 aromatic heterocycles. The van der Waals surface area contributed by atoms with Gasteiger partial charge in [-0.05, 0) is 125 Å². The topological polar surface area (TPSA) is 171 Å². The largest absolute Gasteiger partial charge is 0.461 e. The molecule has 0 bridgehead atoms. The van der Waals surface area contributed by atoms with Gasteiger partial charge in [-0.2, -0.15) is 0 Å². The fraction of sp³-hybridized carbons (Fsp3) is 0.667. The summed E-state index contributed by atoms with van der Waals surface area (Å²) < 4.78 is 11.3. The van der Waals surface area contributed by atoms with Crippen molar-refractivity contribution in [3.05, 3.63) is 73.4 Å². The standard InChI is InChI=1S/C42H60BrN3O9/c1-29(10-8-22-41(2,3)49)35-18-19-36-31(11-9-23-42(35,36)4)13-14-32-26-34(55-40(48)28-43)17-15-30(32)21-25-54-39(47)12-6-5-7-24-44-37-20-16-33(45(50)51)27-38(37)46(52)53/h13-14,16,20-21,27,29,34-36,44,49H,5-12,15,17-19,22-26,28H2,1-4H3/b30-21+,31-13+,32-14-. The average molecular weight is 831 g/mol. The zero-order chi connectivity index (χ0) is 40.2. The number of benzene rings is 1. The van der Waals surface area contributed by atoms with Crippen LogP contribution in [0.25, 0.3) is 0 Å². The van der Waals surface area contributed by atoms with Gasteiger partial charge in [0.25, 0.3) is 11.4 Å². The predicted molar refractivity (Wildman–Crippen MR) is 217 cm³/mol. The third-order valence-electron chi connectivity index (χ3n) is 12.0. The second-order valence-corrected chi connectivity index (χ2v) is 17.1. The number of allylic oxidation sites excluding steroid dienone is 4. The SMILES string of the molecule is CC(CCCC(C)(C)O)C1CCC2/C(=C/C=C3/CC(OC(=O)CBr)CC/C3=C\COC(=O)CCCCCNc3ccc([N+](=O)[O-])cc3[N+](=O)[O-])CCCC21C. The summed E-state index contributed by atoms with van der Waals surface area (Å²) in [4.78, 5) is 45.7. The molecule has 0 amide bonds. The lowest BCUT2D eigenvalue weighted by Crippen LogP contribution is -2.36. The molecule has 0 spiro atoms. The lowest BCUT2D eigenvalue weighted by molar-refractivity contribution is -0.393. The Morgan fingerprint density at radius 2 is 1.84 bits per heavy atom. The van der Waals surface area contributed by atoms with E-state index in [2.05, 4.69) is 47.2 Å². The van der Waals surface area contributed by atoms with Crippen molar-refractivity contribution in [2.45, 2.75) is 136 Å². The molecule has 0 heterocycles. The number of hydrogen-bond donors (Lipinski definition) is 2. The molecule has 304 valence electrons. The highest BCUT2D eigenvalue weighted by Crippen LogP contribution is 2.60. The number of nitro benzene ring substituents is 2. The van der Waals surface area contributed by atoms with E-state index in [-0.39, 0.29) is 58.9 Å². The molecular formula is C42H60BrN3O9. The van der Waals surface area contributed by atoms with Crippen molar-refractivity contribution in [3.8, 4) is 0 Å². The Kier molecular flexibility index (Phi) is 16.5. The van der Waals surface area contributed by atoms with Crippen LogP contribution in [0.4, 0.5) is 17.1 Å². The van der Waals surface area contributed by atoms with Gasteiger partial charge in [-0.25, -0.2) is 0 Å². The summed E-state index contributed by atoms with van der Waals surface area (Å²) in [6, 6.07) is 3.50. The van der Waals surface area contributed by atoms with E-state index in [1.807, 2.05) is 19.9 Å². The number of non-ortho nitro benzene ring substituents is 1. The van der Waals surface area contributed by atoms with Crippen LogP contribution in [0.2, 0.25) is 0 Å². The predicted octanol–water partition coefficient (Wildman–Crippen LogP) is 10.1. The Balaban J connectivity index is 1.31. The van der Waals surface area contributed by atoms with E-state index < -0.39 is 15.4 Å². The van der Waals surface area contributed by atoms with Gasteiger partial charge in [0.15, 0.2) is 0 Å². The second-order valence-electron chi connectivity index (χ2n) is 16.6. The van der Waals surface area contributed by atoms with Crippen LogP contribution in [0, 0.1) is 43.4 Å². The number of carbonyl (C=O) groups excluding carboxylic acids is 2. The molecular weight excluding hydrogens is 770 g/mol. The van der Waals surface area contributed by atoms with Crippen LogP contribution in [-0.2, 0) is 19.1 Å². The van der Waals surface area contributed by atoms with Crippen LogP contribution >= 0.6 is 15.9 Å². The van der Waals surface area contributed by atoms with Gasteiger partial charge in [-0.3, -0.25) is 29.8 Å². The summed E-state index contributed by atoms with van der Waals surface area (Å²) in [5.41, 5.74) is 2.92. The number of halogens is 1. The Bertz CT molecular complexity index is 1620. The minimum atomic E-state index is -0.669. The van der Waals surface area contributed by atoms with Gasteiger partial charge in [-0.15, -0.1) is 0 Å². The van der Waals surface area contributed by atoms with Gasteiger partial charge in [0.1, 0.15) is 23.7 Å². The minimum Gasteiger partial charge on any atom is -0.461 e. The van der Waals surface area contributed by atoms with Crippen molar-refractivity contribution in [2.24, 2.45) is 23.2 Å². The first-order valence-corrected chi connectivity index (χ1v) is 21.1. The van der Waals surface area contributed by atoms with E-state index in [0.29, 0.717) is 56.4 Å². The number of unbranched alkanes of at least 4 members (excludes halogenated alkanes) is 2.